The van der Waals surface area contributed by atoms with Crippen molar-refractivity contribution in [2.75, 3.05) is 33.3 Å². The van der Waals surface area contributed by atoms with Crippen molar-refractivity contribution in [2.24, 2.45) is 0 Å². The van der Waals surface area contributed by atoms with Gasteiger partial charge in [-0.2, -0.15) is 0 Å². The highest BCUT2D eigenvalue weighted by Gasteiger charge is 2.27. The van der Waals surface area contributed by atoms with Gasteiger partial charge in [-0.05, 0) is 43.5 Å². The van der Waals surface area contributed by atoms with E-state index in [1.54, 1.807) is 7.11 Å². The quantitative estimate of drug-likeness (QED) is 0.748. The van der Waals surface area contributed by atoms with Gasteiger partial charge in [-0.15, -0.1) is 0 Å². The molecule has 1 saturated heterocycles. The first-order chi connectivity index (χ1) is 12.4. The summed E-state index contributed by atoms with van der Waals surface area (Å²) in [4.78, 5) is 27.3. The molecule has 0 unspecified atom stereocenters. The number of aryl methyl sites for hydroxylation is 1. The first kappa shape index (κ1) is 20.5. The van der Waals surface area contributed by atoms with Gasteiger partial charge >= 0.3 is 5.97 Å². The molecule has 1 amide bonds. The minimum Gasteiger partial charge on any atom is -0.495 e. The Morgan fingerprint density at radius 2 is 2.04 bits per heavy atom. The first-order valence-electron chi connectivity index (χ1n) is 9.00. The topological polar surface area (TPSA) is 70.1 Å². The van der Waals surface area contributed by atoms with Crippen molar-refractivity contribution in [3.8, 4) is 5.75 Å². The number of benzene rings is 1. The number of hydrogen-bond donors (Lipinski definition) is 1. The molecule has 0 radical (unpaired) electrons. The molecule has 26 heavy (non-hydrogen) atoms. The van der Waals surface area contributed by atoms with Crippen molar-refractivity contribution >= 4 is 23.5 Å². The predicted molar refractivity (Wildman–Crippen MR) is 101 cm³/mol. The standard InChI is InChI=1S/C19H27ClN2O4/c1-3-21(13-19(24)25)15-8-10-22(11-9-15)18(23)7-5-14-4-6-17(26-2)16(20)12-14/h4,6,12,15H,3,5,7-11,13H2,1-2H3,(H,24,25). The molecule has 0 atom stereocenters. The molecule has 0 saturated carbocycles. The number of ether oxygens (including phenoxy) is 1. The van der Waals surface area contributed by atoms with E-state index in [4.69, 9.17) is 21.4 Å². The Balaban J connectivity index is 1.81. The number of carboxylic acids is 1. The zero-order valence-electron chi connectivity index (χ0n) is 15.4. The van der Waals surface area contributed by atoms with Crippen molar-refractivity contribution in [1.82, 2.24) is 9.80 Å². The second-order valence-corrected chi connectivity index (χ2v) is 6.94. The summed E-state index contributed by atoms with van der Waals surface area (Å²) < 4.78 is 5.14. The summed E-state index contributed by atoms with van der Waals surface area (Å²) in [7, 11) is 1.57. The molecule has 1 heterocycles. The molecule has 6 nitrogen and oxygen atoms in total. The number of hydrogen-bond acceptors (Lipinski definition) is 4. The van der Waals surface area contributed by atoms with Crippen LogP contribution in [-0.4, -0.2) is 66.1 Å². The predicted octanol–water partition coefficient (Wildman–Crippen LogP) is 2.68. The molecule has 7 heteroatoms. The maximum absolute atomic E-state index is 12.5. The number of likely N-dealkylation sites (N-methyl/N-ethyl adjacent to an activating group) is 1. The lowest BCUT2D eigenvalue weighted by molar-refractivity contribution is -0.140. The van der Waals surface area contributed by atoms with Gasteiger partial charge in [0.2, 0.25) is 5.91 Å². The fourth-order valence-electron chi connectivity index (χ4n) is 3.43. The first-order valence-corrected chi connectivity index (χ1v) is 9.38. The number of piperidine rings is 1. The minimum absolute atomic E-state index is 0.0628. The maximum atomic E-state index is 12.5. The van der Waals surface area contributed by atoms with Crippen molar-refractivity contribution < 1.29 is 19.4 Å². The highest BCUT2D eigenvalue weighted by atomic mass is 35.5. The van der Waals surface area contributed by atoms with E-state index in [0.29, 0.717) is 43.2 Å². The van der Waals surface area contributed by atoms with Crippen LogP contribution in [0.2, 0.25) is 5.02 Å². The van der Waals surface area contributed by atoms with Crippen LogP contribution in [0.5, 0.6) is 5.75 Å². The summed E-state index contributed by atoms with van der Waals surface area (Å²) in [6.07, 6.45) is 2.73. The SMILES string of the molecule is CCN(CC(=O)O)C1CCN(C(=O)CCc2ccc(OC)c(Cl)c2)CC1. The number of nitrogens with zero attached hydrogens (tertiary/aromatic N) is 2. The van der Waals surface area contributed by atoms with E-state index in [1.165, 1.54) is 0 Å². The molecule has 1 aromatic carbocycles. The van der Waals surface area contributed by atoms with Gasteiger partial charge in [0.1, 0.15) is 5.75 Å². The van der Waals surface area contributed by atoms with Crippen LogP contribution in [0.15, 0.2) is 18.2 Å². The Kier molecular flexibility index (Phi) is 7.72. The highest BCUT2D eigenvalue weighted by molar-refractivity contribution is 6.32. The molecule has 144 valence electrons. The van der Waals surface area contributed by atoms with Crippen LogP contribution in [0.25, 0.3) is 0 Å². The van der Waals surface area contributed by atoms with E-state index in [-0.39, 0.29) is 18.5 Å². The largest absolute Gasteiger partial charge is 0.495 e. The third-order valence-electron chi connectivity index (χ3n) is 4.92. The molecule has 1 N–H and O–H groups in total. The fraction of sp³-hybridized carbons (Fsp3) is 0.579. The number of carbonyl (C=O) groups is 2. The fourth-order valence-corrected chi connectivity index (χ4v) is 3.71. The molecular formula is C19H27ClN2O4. The van der Waals surface area contributed by atoms with Gasteiger partial charge in [-0.3, -0.25) is 14.5 Å². The number of amides is 1. The van der Waals surface area contributed by atoms with Gasteiger partial charge in [0, 0.05) is 25.6 Å². The molecule has 0 bridgehead atoms. The molecule has 0 spiro atoms. The summed E-state index contributed by atoms with van der Waals surface area (Å²) in [5.41, 5.74) is 1.01. The molecule has 1 aliphatic rings. The Hall–Kier alpha value is -1.79. The minimum atomic E-state index is -0.802. The summed E-state index contributed by atoms with van der Waals surface area (Å²) in [5, 5.41) is 9.55. The van der Waals surface area contributed by atoms with E-state index in [9.17, 15) is 9.59 Å². The summed E-state index contributed by atoms with van der Waals surface area (Å²) in [5.74, 6) is -0.0363. The Bertz CT molecular complexity index is 630. The smallest absolute Gasteiger partial charge is 0.317 e. The van der Waals surface area contributed by atoms with Gasteiger partial charge in [0.05, 0.1) is 18.7 Å². The van der Waals surface area contributed by atoms with Crippen molar-refractivity contribution in [3.05, 3.63) is 28.8 Å². The monoisotopic (exact) mass is 382 g/mol. The summed E-state index contributed by atoms with van der Waals surface area (Å²) in [6.45, 7) is 4.11. The second kappa shape index (κ2) is 9.78. The molecule has 1 aromatic rings. The third-order valence-corrected chi connectivity index (χ3v) is 5.22. The van der Waals surface area contributed by atoms with Gasteiger partial charge in [0.25, 0.3) is 0 Å². The number of likely N-dealkylation sites (tertiary alicyclic amines) is 1. The summed E-state index contributed by atoms with van der Waals surface area (Å²) in [6, 6.07) is 5.82. The normalized spacial score (nSPS) is 15.3. The van der Waals surface area contributed by atoms with E-state index in [1.807, 2.05) is 34.9 Å². The van der Waals surface area contributed by atoms with Crippen LogP contribution in [0.1, 0.15) is 31.7 Å². The molecule has 1 aliphatic heterocycles. The van der Waals surface area contributed by atoms with E-state index < -0.39 is 5.97 Å². The Morgan fingerprint density at radius 1 is 1.35 bits per heavy atom. The van der Waals surface area contributed by atoms with Crippen LogP contribution in [0, 0.1) is 0 Å². The number of aliphatic carboxylic acids is 1. The molecule has 0 aliphatic carbocycles. The Morgan fingerprint density at radius 3 is 2.58 bits per heavy atom. The van der Waals surface area contributed by atoms with E-state index in [0.717, 1.165) is 18.4 Å². The van der Waals surface area contributed by atoms with Crippen LogP contribution < -0.4 is 4.74 Å². The van der Waals surface area contributed by atoms with Crippen LogP contribution in [0.3, 0.4) is 0 Å². The average molecular weight is 383 g/mol. The number of rotatable bonds is 8. The van der Waals surface area contributed by atoms with Crippen LogP contribution >= 0.6 is 11.6 Å². The zero-order valence-corrected chi connectivity index (χ0v) is 16.2. The van der Waals surface area contributed by atoms with E-state index in [2.05, 4.69) is 0 Å². The maximum Gasteiger partial charge on any atom is 0.317 e. The van der Waals surface area contributed by atoms with Crippen molar-refractivity contribution in [3.63, 3.8) is 0 Å². The number of methoxy groups -OCH3 is 1. The van der Waals surface area contributed by atoms with Crippen LogP contribution in [-0.2, 0) is 16.0 Å². The highest BCUT2D eigenvalue weighted by Crippen LogP contribution is 2.25. The number of halogens is 1. The molecule has 0 aromatic heterocycles. The molecule has 1 fully saturated rings. The molecular weight excluding hydrogens is 356 g/mol. The average Bonchev–Trinajstić information content (AvgIpc) is 2.64. The zero-order chi connectivity index (χ0) is 19.1. The van der Waals surface area contributed by atoms with Gasteiger partial charge in [0.15, 0.2) is 0 Å². The van der Waals surface area contributed by atoms with Gasteiger partial charge < -0.3 is 14.7 Å². The van der Waals surface area contributed by atoms with Crippen molar-refractivity contribution in [2.45, 2.75) is 38.6 Å². The lowest BCUT2D eigenvalue weighted by atomic mass is 10.0. The van der Waals surface area contributed by atoms with Gasteiger partial charge in [-0.25, -0.2) is 0 Å². The van der Waals surface area contributed by atoms with Gasteiger partial charge in [-0.1, -0.05) is 24.6 Å². The lowest BCUT2D eigenvalue weighted by Crippen LogP contribution is -2.48. The number of carboxylic acid groups (broad SMARTS) is 1. The van der Waals surface area contributed by atoms with Crippen molar-refractivity contribution in [1.29, 1.82) is 0 Å². The summed E-state index contributed by atoms with van der Waals surface area (Å²) >= 11 is 6.12. The Labute approximate surface area is 159 Å². The molecule has 2 rings (SSSR count). The third kappa shape index (κ3) is 5.61. The second-order valence-electron chi connectivity index (χ2n) is 6.54. The van der Waals surface area contributed by atoms with Crippen LogP contribution in [0.4, 0.5) is 0 Å². The lowest BCUT2D eigenvalue weighted by Gasteiger charge is -2.37. The van der Waals surface area contributed by atoms with E-state index >= 15 is 0 Å². The number of carbonyl (C=O) groups excluding carboxylic acids is 1.